The Bertz CT molecular complexity index is 460. The number of ether oxygens (including phenoxy) is 1. The van der Waals surface area contributed by atoms with Gasteiger partial charge in [0.15, 0.2) is 3.77 Å². The highest BCUT2D eigenvalue weighted by molar-refractivity contribution is 14.1. The fourth-order valence-electron chi connectivity index (χ4n) is 1.11. The van der Waals surface area contributed by atoms with Crippen LogP contribution < -0.4 is 0 Å². The van der Waals surface area contributed by atoms with Crippen LogP contribution in [0.3, 0.4) is 0 Å². The summed E-state index contributed by atoms with van der Waals surface area (Å²) in [5.74, 6) is -1.23. The monoisotopic (exact) mass is 305 g/mol. The van der Waals surface area contributed by atoms with Crippen LogP contribution in [0.25, 0.3) is 5.57 Å². The van der Waals surface area contributed by atoms with Crippen molar-refractivity contribution in [2.45, 2.75) is 0 Å². The fraction of sp³-hybridized carbons (Fsp3) is 0. The lowest BCUT2D eigenvalue weighted by Gasteiger charge is -1.93. The van der Waals surface area contributed by atoms with Gasteiger partial charge in [0, 0.05) is 12.1 Å². The first-order valence-corrected chi connectivity index (χ1v) is 4.67. The van der Waals surface area contributed by atoms with Crippen molar-refractivity contribution >= 4 is 40.0 Å². The summed E-state index contributed by atoms with van der Waals surface area (Å²) in [6.07, 6.45) is 1.24. The van der Waals surface area contributed by atoms with Crippen molar-refractivity contribution in [2.24, 2.45) is 0 Å². The molecule has 2 heterocycles. The van der Waals surface area contributed by atoms with Gasteiger partial charge in [-0.1, -0.05) is 0 Å². The van der Waals surface area contributed by atoms with Gasteiger partial charge in [0.1, 0.15) is 0 Å². The highest BCUT2D eigenvalue weighted by Gasteiger charge is 2.27. The van der Waals surface area contributed by atoms with Crippen LogP contribution >= 0.6 is 22.6 Å². The standard InChI is InChI=1S/C8H4INO4/c9-5-1-3(7(11)13-5)4-2-6(10)14-8(4)12/h1-2,10-11H. The van der Waals surface area contributed by atoms with Gasteiger partial charge >= 0.3 is 5.97 Å². The van der Waals surface area contributed by atoms with E-state index in [9.17, 15) is 9.90 Å². The average Bonchev–Trinajstić information content (AvgIpc) is 2.55. The number of nitrogens with one attached hydrogen (secondary N) is 1. The number of cyclic esters (lactones) is 1. The Morgan fingerprint density at radius 2 is 2.21 bits per heavy atom. The second-order valence-corrected chi connectivity index (χ2v) is 3.64. The SMILES string of the molecule is N=C1C=C(c2cc(I)oc2O)C(=O)O1. The summed E-state index contributed by atoms with van der Waals surface area (Å²) in [5.41, 5.74) is 0.390. The van der Waals surface area contributed by atoms with Gasteiger partial charge < -0.3 is 14.3 Å². The predicted octanol–water partition coefficient (Wildman–Crippen LogP) is 1.51. The molecule has 1 aliphatic rings. The van der Waals surface area contributed by atoms with E-state index in [0.29, 0.717) is 3.77 Å². The maximum Gasteiger partial charge on any atom is 0.345 e. The van der Waals surface area contributed by atoms with Crippen LogP contribution in [-0.2, 0) is 9.53 Å². The summed E-state index contributed by atoms with van der Waals surface area (Å²) in [6.45, 7) is 0. The average molecular weight is 305 g/mol. The first-order valence-electron chi connectivity index (χ1n) is 3.59. The fourth-order valence-corrected chi connectivity index (χ4v) is 1.63. The summed E-state index contributed by atoms with van der Waals surface area (Å²) in [4.78, 5) is 11.2. The zero-order chi connectivity index (χ0) is 10.3. The molecule has 0 fully saturated rings. The van der Waals surface area contributed by atoms with E-state index in [4.69, 9.17) is 9.83 Å². The Labute approximate surface area is 92.0 Å². The van der Waals surface area contributed by atoms with Crippen molar-refractivity contribution in [3.05, 3.63) is 21.5 Å². The third-order valence-electron chi connectivity index (χ3n) is 1.67. The number of rotatable bonds is 1. The number of hydrogen-bond donors (Lipinski definition) is 2. The lowest BCUT2D eigenvalue weighted by atomic mass is 10.1. The van der Waals surface area contributed by atoms with Crippen LogP contribution in [0.15, 0.2) is 16.6 Å². The van der Waals surface area contributed by atoms with Gasteiger partial charge in [-0.25, -0.2) is 4.79 Å². The van der Waals surface area contributed by atoms with E-state index in [-0.39, 0.29) is 23.0 Å². The molecule has 2 N–H and O–H groups in total. The smallest absolute Gasteiger partial charge is 0.345 e. The van der Waals surface area contributed by atoms with Crippen LogP contribution in [0.4, 0.5) is 0 Å². The minimum absolute atomic E-state index is 0.138. The zero-order valence-electron chi connectivity index (χ0n) is 6.70. The number of aromatic hydroxyl groups is 1. The highest BCUT2D eigenvalue weighted by atomic mass is 127. The second kappa shape index (κ2) is 3.12. The van der Waals surface area contributed by atoms with Crippen molar-refractivity contribution in [2.75, 3.05) is 0 Å². The first kappa shape index (κ1) is 9.25. The van der Waals surface area contributed by atoms with Crippen LogP contribution in [0.5, 0.6) is 5.95 Å². The van der Waals surface area contributed by atoms with Gasteiger partial charge in [-0.15, -0.1) is 0 Å². The number of hydrogen-bond acceptors (Lipinski definition) is 5. The molecule has 0 spiro atoms. The minimum Gasteiger partial charge on any atom is -0.480 e. The number of halogens is 1. The summed E-state index contributed by atoms with van der Waals surface area (Å²) < 4.78 is 9.78. The predicted molar refractivity (Wildman–Crippen MR) is 54.9 cm³/mol. The van der Waals surface area contributed by atoms with Crippen molar-refractivity contribution in [3.63, 3.8) is 0 Å². The molecular formula is C8H4INO4. The van der Waals surface area contributed by atoms with Gasteiger partial charge in [0.2, 0.25) is 5.90 Å². The van der Waals surface area contributed by atoms with Crippen LogP contribution in [0, 0.1) is 9.18 Å². The number of carbonyl (C=O) groups is 1. The molecular weight excluding hydrogens is 301 g/mol. The summed E-state index contributed by atoms with van der Waals surface area (Å²) in [5, 5.41) is 16.4. The Morgan fingerprint density at radius 1 is 1.50 bits per heavy atom. The number of carbonyl (C=O) groups excluding carboxylic acids is 1. The Hall–Kier alpha value is -1.31. The van der Waals surface area contributed by atoms with Crippen molar-refractivity contribution in [1.29, 1.82) is 5.41 Å². The normalized spacial score (nSPS) is 15.6. The van der Waals surface area contributed by atoms with Gasteiger partial charge in [-0.3, -0.25) is 5.41 Å². The van der Waals surface area contributed by atoms with Crippen LogP contribution in [-0.4, -0.2) is 17.0 Å². The third kappa shape index (κ3) is 1.41. The molecule has 6 heteroatoms. The number of esters is 1. The first-order chi connectivity index (χ1) is 6.58. The molecule has 14 heavy (non-hydrogen) atoms. The Balaban J connectivity index is 2.50. The summed E-state index contributed by atoms with van der Waals surface area (Å²) in [6, 6.07) is 1.50. The topological polar surface area (TPSA) is 83.5 Å². The molecule has 1 aromatic heterocycles. The Morgan fingerprint density at radius 3 is 2.64 bits per heavy atom. The summed E-state index contributed by atoms with van der Waals surface area (Å²) in [7, 11) is 0. The molecule has 0 saturated heterocycles. The molecule has 1 aromatic rings. The zero-order valence-corrected chi connectivity index (χ0v) is 8.86. The van der Waals surface area contributed by atoms with E-state index in [0.717, 1.165) is 0 Å². The van der Waals surface area contributed by atoms with E-state index >= 15 is 0 Å². The van der Waals surface area contributed by atoms with E-state index in [2.05, 4.69) is 4.74 Å². The molecule has 0 amide bonds. The quantitative estimate of drug-likeness (QED) is 0.608. The molecule has 5 nitrogen and oxygen atoms in total. The van der Waals surface area contributed by atoms with E-state index in [1.807, 2.05) is 22.6 Å². The molecule has 0 bridgehead atoms. The van der Waals surface area contributed by atoms with E-state index in [1.54, 1.807) is 0 Å². The summed E-state index contributed by atoms with van der Waals surface area (Å²) >= 11 is 1.87. The molecule has 0 atom stereocenters. The van der Waals surface area contributed by atoms with Crippen LogP contribution in [0.1, 0.15) is 5.56 Å². The lowest BCUT2D eigenvalue weighted by Crippen LogP contribution is -2.00. The minimum atomic E-state index is -0.650. The highest BCUT2D eigenvalue weighted by Crippen LogP contribution is 2.32. The van der Waals surface area contributed by atoms with Crippen molar-refractivity contribution < 1.29 is 19.1 Å². The molecule has 0 saturated carbocycles. The number of furan rings is 1. The van der Waals surface area contributed by atoms with Gasteiger partial charge in [0.25, 0.3) is 5.95 Å². The molecule has 2 rings (SSSR count). The largest absolute Gasteiger partial charge is 0.480 e. The lowest BCUT2D eigenvalue weighted by molar-refractivity contribution is -0.128. The van der Waals surface area contributed by atoms with Crippen molar-refractivity contribution in [1.82, 2.24) is 0 Å². The Kier molecular flexibility index (Phi) is 2.06. The van der Waals surface area contributed by atoms with Gasteiger partial charge in [0.05, 0.1) is 11.1 Å². The molecule has 1 aliphatic heterocycles. The maximum absolute atomic E-state index is 11.2. The molecule has 0 aromatic carbocycles. The third-order valence-corrected chi connectivity index (χ3v) is 2.20. The second-order valence-electron chi connectivity index (χ2n) is 2.58. The maximum atomic E-state index is 11.2. The van der Waals surface area contributed by atoms with Crippen LogP contribution in [0.2, 0.25) is 0 Å². The molecule has 0 aliphatic carbocycles. The van der Waals surface area contributed by atoms with E-state index in [1.165, 1.54) is 12.1 Å². The molecule has 0 unspecified atom stereocenters. The van der Waals surface area contributed by atoms with Gasteiger partial charge in [-0.2, -0.15) is 0 Å². The molecule has 0 radical (unpaired) electrons. The molecule has 72 valence electrons. The van der Waals surface area contributed by atoms with Crippen molar-refractivity contribution in [3.8, 4) is 5.95 Å². The van der Waals surface area contributed by atoms with Gasteiger partial charge in [-0.05, 0) is 22.6 Å². The van der Waals surface area contributed by atoms with E-state index < -0.39 is 5.97 Å².